The first kappa shape index (κ1) is 15.9. The molecule has 2 rings (SSSR count). The van der Waals surface area contributed by atoms with Crippen LogP contribution in [-0.2, 0) is 0 Å². The molecule has 0 N–H and O–H groups in total. The van der Waals surface area contributed by atoms with Gasteiger partial charge in [-0.25, -0.2) is 0 Å². The molecule has 0 heterocycles. The summed E-state index contributed by atoms with van der Waals surface area (Å²) < 4.78 is 0. The normalized spacial score (nSPS) is 10.8. The van der Waals surface area contributed by atoms with Gasteiger partial charge in [0.15, 0.2) is 0 Å². The molecule has 0 unspecified atom stereocenters. The SMILES string of the molecule is CC/C=C/CC/C=C/c1ccc(C#Cc2ccccc2)cc1. The van der Waals surface area contributed by atoms with Gasteiger partial charge in [-0.15, -0.1) is 0 Å². The Morgan fingerprint density at radius 3 is 2.05 bits per heavy atom. The molecule has 0 spiro atoms. The van der Waals surface area contributed by atoms with Crippen molar-refractivity contribution in [2.24, 2.45) is 0 Å². The first-order chi connectivity index (χ1) is 10.9. The Kier molecular flexibility index (Phi) is 6.79. The second kappa shape index (κ2) is 9.42. The summed E-state index contributed by atoms with van der Waals surface area (Å²) in [6.07, 6.45) is 12.2. The molecule has 0 aliphatic rings. The molecule has 0 radical (unpaired) electrons. The van der Waals surface area contributed by atoms with Crippen molar-refractivity contribution < 1.29 is 0 Å². The predicted octanol–water partition coefficient (Wildman–Crippen LogP) is 5.85. The Bertz CT molecular complexity index is 661. The van der Waals surface area contributed by atoms with Crippen LogP contribution in [-0.4, -0.2) is 0 Å². The van der Waals surface area contributed by atoms with E-state index in [-0.39, 0.29) is 0 Å². The number of unbranched alkanes of at least 4 members (excludes halogenated alkanes) is 1. The molecule has 0 fully saturated rings. The van der Waals surface area contributed by atoms with Crippen LogP contribution in [0.25, 0.3) is 6.08 Å². The third kappa shape index (κ3) is 5.85. The van der Waals surface area contributed by atoms with E-state index in [4.69, 9.17) is 0 Å². The van der Waals surface area contributed by atoms with E-state index >= 15 is 0 Å². The number of hydrogen-bond donors (Lipinski definition) is 0. The molecular weight excluding hydrogens is 264 g/mol. The lowest BCUT2D eigenvalue weighted by molar-refractivity contribution is 1.04. The number of hydrogen-bond acceptors (Lipinski definition) is 0. The van der Waals surface area contributed by atoms with Crippen LogP contribution in [0.2, 0.25) is 0 Å². The second-order valence-electron chi connectivity index (χ2n) is 5.10. The molecule has 0 nitrogen and oxygen atoms in total. The average Bonchev–Trinajstić information content (AvgIpc) is 2.58. The standard InChI is InChI=1S/C22H22/c1-2-3-4-5-6-8-13-21-15-18-22(19-16-21)17-14-20-11-9-7-10-12-20/h3-4,7-13,15-16,18-19H,2,5-6H2,1H3/b4-3+,13-8+. The minimum Gasteiger partial charge on any atom is -0.0888 e. The van der Waals surface area contributed by atoms with Crippen LogP contribution in [0.4, 0.5) is 0 Å². The van der Waals surface area contributed by atoms with E-state index in [1.807, 2.05) is 30.3 Å². The Balaban J connectivity index is 1.89. The highest BCUT2D eigenvalue weighted by molar-refractivity contribution is 5.52. The molecular formula is C22H22. The van der Waals surface area contributed by atoms with E-state index in [9.17, 15) is 0 Å². The van der Waals surface area contributed by atoms with Gasteiger partial charge >= 0.3 is 0 Å². The topological polar surface area (TPSA) is 0 Å². The van der Waals surface area contributed by atoms with Gasteiger partial charge in [0, 0.05) is 11.1 Å². The lowest BCUT2D eigenvalue weighted by atomic mass is 10.1. The van der Waals surface area contributed by atoms with Gasteiger partial charge < -0.3 is 0 Å². The van der Waals surface area contributed by atoms with E-state index < -0.39 is 0 Å². The van der Waals surface area contributed by atoms with E-state index in [0.717, 1.165) is 30.4 Å². The molecule has 0 atom stereocenters. The first-order valence-corrected chi connectivity index (χ1v) is 7.87. The zero-order valence-corrected chi connectivity index (χ0v) is 13.1. The highest BCUT2D eigenvalue weighted by Gasteiger charge is 1.89. The quantitative estimate of drug-likeness (QED) is 0.367. The minimum absolute atomic E-state index is 1.05. The summed E-state index contributed by atoms with van der Waals surface area (Å²) in [5.41, 5.74) is 3.32. The van der Waals surface area contributed by atoms with E-state index in [2.05, 4.69) is 67.3 Å². The maximum absolute atomic E-state index is 3.20. The fraction of sp³-hybridized carbons (Fsp3) is 0.182. The van der Waals surface area contributed by atoms with Gasteiger partial charge in [0.05, 0.1) is 0 Å². The third-order valence-corrected chi connectivity index (χ3v) is 3.25. The van der Waals surface area contributed by atoms with E-state index in [1.54, 1.807) is 0 Å². The van der Waals surface area contributed by atoms with Crippen molar-refractivity contribution in [1.82, 2.24) is 0 Å². The Morgan fingerprint density at radius 2 is 1.36 bits per heavy atom. The fourth-order valence-corrected chi connectivity index (χ4v) is 2.04. The maximum Gasteiger partial charge on any atom is 0.0249 e. The van der Waals surface area contributed by atoms with Gasteiger partial charge in [-0.1, -0.05) is 73.4 Å². The number of allylic oxidation sites excluding steroid dienone is 3. The van der Waals surface area contributed by atoms with Crippen LogP contribution >= 0.6 is 0 Å². The van der Waals surface area contributed by atoms with Crippen molar-refractivity contribution in [3.8, 4) is 11.8 Å². The summed E-state index contributed by atoms with van der Waals surface area (Å²) in [7, 11) is 0. The van der Waals surface area contributed by atoms with Gasteiger partial charge in [-0.3, -0.25) is 0 Å². The zero-order chi connectivity index (χ0) is 15.5. The minimum atomic E-state index is 1.05. The van der Waals surface area contributed by atoms with Crippen molar-refractivity contribution in [2.45, 2.75) is 26.2 Å². The van der Waals surface area contributed by atoms with Gasteiger partial charge in [0.2, 0.25) is 0 Å². The molecule has 110 valence electrons. The summed E-state index contributed by atoms with van der Waals surface area (Å²) >= 11 is 0. The second-order valence-corrected chi connectivity index (χ2v) is 5.10. The predicted molar refractivity (Wildman–Crippen MR) is 96.6 cm³/mol. The largest absolute Gasteiger partial charge is 0.0888 e. The molecule has 0 aliphatic carbocycles. The van der Waals surface area contributed by atoms with Crippen LogP contribution in [0.15, 0.2) is 72.8 Å². The number of rotatable bonds is 5. The zero-order valence-electron chi connectivity index (χ0n) is 13.1. The first-order valence-electron chi connectivity index (χ1n) is 7.87. The molecule has 0 saturated carbocycles. The Hall–Kier alpha value is -2.52. The van der Waals surface area contributed by atoms with Crippen LogP contribution in [0, 0.1) is 11.8 Å². The average molecular weight is 286 g/mol. The van der Waals surface area contributed by atoms with Crippen LogP contribution in [0.5, 0.6) is 0 Å². The summed E-state index contributed by atoms with van der Waals surface area (Å²) in [4.78, 5) is 0. The van der Waals surface area contributed by atoms with Crippen molar-refractivity contribution in [3.63, 3.8) is 0 Å². The van der Waals surface area contributed by atoms with Gasteiger partial charge in [0.1, 0.15) is 0 Å². The Labute approximate surface area is 134 Å². The smallest absolute Gasteiger partial charge is 0.0249 e. The fourth-order valence-electron chi connectivity index (χ4n) is 2.04. The van der Waals surface area contributed by atoms with Gasteiger partial charge in [-0.05, 0) is 49.1 Å². The molecule has 0 amide bonds. The van der Waals surface area contributed by atoms with Crippen molar-refractivity contribution >= 4 is 6.08 Å². The summed E-state index contributed by atoms with van der Waals surface area (Å²) in [6, 6.07) is 18.5. The molecule has 0 aromatic heterocycles. The maximum atomic E-state index is 3.20. The molecule has 0 bridgehead atoms. The van der Waals surface area contributed by atoms with E-state index in [1.165, 1.54) is 5.56 Å². The van der Waals surface area contributed by atoms with Gasteiger partial charge in [0.25, 0.3) is 0 Å². The molecule has 22 heavy (non-hydrogen) atoms. The lowest BCUT2D eigenvalue weighted by Crippen LogP contribution is -1.77. The van der Waals surface area contributed by atoms with Crippen LogP contribution in [0.1, 0.15) is 42.9 Å². The Morgan fingerprint density at radius 1 is 0.727 bits per heavy atom. The molecule has 0 aliphatic heterocycles. The summed E-state index contributed by atoms with van der Waals surface area (Å²) in [5, 5.41) is 0. The lowest BCUT2D eigenvalue weighted by Gasteiger charge is -1.94. The summed E-state index contributed by atoms with van der Waals surface area (Å²) in [6.45, 7) is 2.16. The highest BCUT2D eigenvalue weighted by Crippen LogP contribution is 2.07. The molecule has 2 aromatic carbocycles. The monoisotopic (exact) mass is 286 g/mol. The van der Waals surface area contributed by atoms with Crippen LogP contribution < -0.4 is 0 Å². The van der Waals surface area contributed by atoms with Gasteiger partial charge in [-0.2, -0.15) is 0 Å². The number of benzene rings is 2. The molecule has 0 heteroatoms. The highest BCUT2D eigenvalue weighted by atomic mass is 13.9. The third-order valence-electron chi connectivity index (χ3n) is 3.25. The van der Waals surface area contributed by atoms with Crippen molar-refractivity contribution in [3.05, 3.63) is 89.5 Å². The van der Waals surface area contributed by atoms with Crippen LogP contribution in [0.3, 0.4) is 0 Å². The van der Waals surface area contributed by atoms with Crippen molar-refractivity contribution in [1.29, 1.82) is 0 Å². The molecule has 2 aromatic rings. The summed E-state index contributed by atoms with van der Waals surface area (Å²) in [5.74, 6) is 6.37. The van der Waals surface area contributed by atoms with Crippen molar-refractivity contribution in [2.75, 3.05) is 0 Å². The van der Waals surface area contributed by atoms with E-state index in [0.29, 0.717) is 0 Å². The molecule has 0 saturated heterocycles.